The third kappa shape index (κ3) is 13.5. The van der Waals surface area contributed by atoms with Gasteiger partial charge in [-0.1, -0.05) is 117 Å². The maximum absolute atomic E-state index is 12.7. The van der Waals surface area contributed by atoms with Crippen LogP contribution < -0.4 is 0 Å². The first kappa shape index (κ1) is 29.0. The molecule has 3 atom stereocenters. The van der Waals surface area contributed by atoms with Gasteiger partial charge in [-0.05, 0) is 32.1 Å². The molecule has 0 radical (unpaired) electrons. The van der Waals surface area contributed by atoms with Crippen LogP contribution in [0.1, 0.15) is 149 Å². The van der Waals surface area contributed by atoms with E-state index in [2.05, 4.69) is 13.8 Å². The van der Waals surface area contributed by atoms with Gasteiger partial charge in [0.05, 0.1) is 11.8 Å². The average Bonchev–Trinajstić information content (AvgIpc) is 2.79. The minimum absolute atomic E-state index is 0.0406. The topological polar surface area (TPSA) is 63.6 Å². The second-order valence-corrected chi connectivity index (χ2v) is 10.1. The number of unbranched alkanes of at least 4 members (excludes halogenated alkanes) is 13. The van der Waals surface area contributed by atoms with Gasteiger partial charge in [-0.3, -0.25) is 9.59 Å². The third-order valence-corrected chi connectivity index (χ3v) is 7.16. The molecular formula is C28H52O4. The van der Waals surface area contributed by atoms with E-state index in [0.29, 0.717) is 12.8 Å². The zero-order chi connectivity index (χ0) is 23.4. The maximum atomic E-state index is 12.7. The van der Waals surface area contributed by atoms with Gasteiger partial charge in [0, 0.05) is 0 Å². The number of aliphatic carboxylic acids is 1. The normalized spacial score (nSPS) is 19.6. The van der Waals surface area contributed by atoms with E-state index in [0.717, 1.165) is 38.5 Å². The van der Waals surface area contributed by atoms with Crippen LogP contribution in [0.3, 0.4) is 0 Å². The van der Waals surface area contributed by atoms with Crippen LogP contribution in [0.2, 0.25) is 0 Å². The predicted octanol–water partition coefficient (Wildman–Crippen LogP) is 8.46. The molecule has 1 aliphatic rings. The van der Waals surface area contributed by atoms with Crippen LogP contribution in [0.4, 0.5) is 0 Å². The molecule has 4 nitrogen and oxygen atoms in total. The van der Waals surface area contributed by atoms with E-state index in [-0.39, 0.29) is 12.1 Å². The Morgan fingerprint density at radius 2 is 1.16 bits per heavy atom. The summed E-state index contributed by atoms with van der Waals surface area (Å²) >= 11 is 0. The van der Waals surface area contributed by atoms with Gasteiger partial charge >= 0.3 is 11.9 Å². The summed E-state index contributed by atoms with van der Waals surface area (Å²) in [5.74, 6) is -2.11. The molecule has 3 unspecified atom stereocenters. The number of ether oxygens (including phenoxy) is 1. The van der Waals surface area contributed by atoms with Crippen LogP contribution in [0.25, 0.3) is 0 Å². The van der Waals surface area contributed by atoms with Crippen molar-refractivity contribution in [1.82, 2.24) is 0 Å². The summed E-state index contributed by atoms with van der Waals surface area (Å²) in [6.07, 6.45) is 24.6. The molecule has 1 saturated carbocycles. The lowest BCUT2D eigenvalue weighted by Gasteiger charge is -2.28. The fraction of sp³-hybridized carbons (Fsp3) is 0.929. The number of rotatable bonds is 20. The van der Waals surface area contributed by atoms with E-state index in [1.54, 1.807) is 0 Å². The summed E-state index contributed by atoms with van der Waals surface area (Å²) < 4.78 is 5.82. The smallest absolute Gasteiger partial charge is 0.310 e. The lowest BCUT2D eigenvalue weighted by molar-refractivity contribution is -0.164. The van der Waals surface area contributed by atoms with Crippen molar-refractivity contribution >= 4 is 11.9 Å². The van der Waals surface area contributed by atoms with Crippen LogP contribution in [0, 0.1) is 11.8 Å². The molecule has 188 valence electrons. The van der Waals surface area contributed by atoms with E-state index in [1.807, 2.05) is 0 Å². The molecule has 0 aromatic heterocycles. The van der Waals surface area contributed by atoms with Crippen molar-refractivity contribution in [3.05, 3.63) is 0 Å². The molecule has 0 saturated heterocycles. The summed E-state index contributed by atoms with van der Waals surface area (Å²) in [4.78, 5) is 24.2. The lowest BCUT2D eigenvalue weighted by atomic mass is 9.79. The number of esters is 1. The highest BCUT2D eigenvalue weighted by molar-refractivity contribution is 5.81. The van der Waals surface area contributed by atoms with E-state index >= 15 is 0 Å². The summed E-state index contributed by atoms with van der Waals surface area (Å²) in [5, 5.41) is 9.43. The molecule has 1 aliphatic carbocycles. The minimum atomic E-state index is -0.842. The Morgan fingerprint density at radius 3 is 1.62 bits per heavy atom. The molecule has 0 heterocycles. The molecule has 32 heavy (non-hydrogen) atoms. The van der Waals surface area contributed by atoms with Crippen molar-refractivity contribution in [2.45, 2.75) is 155 Å². The van der Waals surface area contributed by atoms with Crippen molar-refractivity contribution in [3.63, 3.8) is 0 Å². The molecule has 1 rings (SSSR count). The van der Waals surface area contributed by atoms with Gasteiger partial charge in [-0.15, -0.1) is 0 Å². The SMILES string of the molecule is CCCCCCCCCCCCCCCCC(CCC)OC(=O)C1CCCCC1C(=O)O. The van der Waals surface area contributed by atoms with E-state index in [4.69, 9.17) is 4.74 Å². The van der Waals surface area contributed by atoms with Gasteiger partial charge in [0.1, 0.15) is 6.10 Å². The van der Waals surface area contributed by atoms with Crippen molar-refractivity contribution in [1.29, 1.82) is 0 Å². The molecule has 4 heteroatoms. The van der Waals surface area contributed by atoms with Gasteiger partial charge in [-0.2, -0.15) is 0 Å². The highest BCUT2D eigenvalue weighted by atomic mass is 16.5. The van der Waals surface area contributed by atoms with Crippen molar-refractivity contribution in [2.24, 2.45) is 11.8 Å². The number of hydrogen-bond acceptors (Lipinski definition) is 3. The first-order chi connectivity index (χ1) is 15.6. The minimum Gasteiger partial charge on any atom is -0.481 e. The monoisotopic (exact) mass is 452 g/mol. The van der Waals surface area contributed by atoms with Crippen LogP contribution in [-0.4, -0.2) is 23.1 Å². The molecular weight excluding hydrogens is 400 g/mol. The molecule has 0 spiro atoms. The highest BCUT2D eigenvalue weighted by Gasteiger charge is 2.37. The summed E-state index contributed by atoms with van der Waals surface area (Å²) in [5.41, 5.74) is 0. The molecule has 1 fully saturated rings. The summed E-state index contributed by atoms with van der Waals surface area (Å²) in [6.45, 7) is 4.39. The molecule has 0 aromatic carbocycles. The van der Waals surface area contributed by atoms with E-state index in [1.165, 1.54) is 83.5 Å². The zero-order valence-electron chi connectivity index (χ0n) is 21.3. The molecule has 0 amide bonds. The Labute approximate surface area is 198 Å². The van der Waals surface area contributed by atoms with Crippen LogP contribution in [-0.2, 0) is 14.3 Å². The van der Waals surface area contributed by atoms with Gasteiger partial charge in [0.15, 0.2) is 0 Å². The standard InChI is InChI=1S/C28H52O4/c1-3-5-6-7-8-9-10-11-12-13-14-15-16-17-21-24(20-4-2)32-28(31)26-23-19-18-22-25(26)27(29)30/h24-26H,3-23H2,1-2H3,(H,29,30). The molecule has 0 aromatic rings. The number of carboxylic acids is 1. The number of carboxylic acid groups (broad SMARTS) is 1. The number of hydrogen-bond donors (Lipinski definition) is 1. The fourth-order valence-corrected chi connectivity index (χ4v) is 5.11. The van der Waals surface area contributed by atoms with Crippen LogP contribution in [0.15, 0.2) is 0 Å². The summed E-state index contributed by atoms with van der Waals surface area (Å²) in [7, 11) is 0. The lowest BCUT2D eigenvalue weighted by Crippen LogP contribution is -2.35. The second kappa shape index (κ2) is 19.4. The Morgan fingerprint density at radius 1 is 0.688 bits per heavy atom. The second-order valence-electron chi connectivity index (χ2n) is 10.1. The van der Waals surface area contributed by atoms with Crippen molar-refractivity contribution in [2.75, 3.05) is 0 Å². The third-order valence-electron chi connectivity index (χ3n) is 7.16. The predicted molar refractivity (Wildman–Crippen MR) is 133 cm³/mol. The quantitative estimate of drug-likeness (QED) is 0.149. The van der Waals surface area contributed by atoms with Gasteiger partial charge in [-0.25, -0.2) is 0 Å². The summed E-state index contributed by atoms with van der Waals surface area (Å²) in [6, 6.07) is 0. The first-order valence-corrected chi connectivity index (χ1v) is 14.0. The molecule has 0 aliphatic heterocycles. The van der Waals surface area contributed by atoms with Crippen LogP contribution >= 0.6 is 0 Å². The average molecular weight is 453 g/mol. The Kier molecular flexibility index (Phi) is 17.6. The van der Waals surface area contributed by atoms with Gasteiger partial charge in [0.25, 0.3) is 0 Å². The molecule has 1 N–H and O–H groups in total. The van der Waals surface area contributed by atoms with E-state index in [9.17, 15) is 14.7 Å². The molecule has 0 bridgehead atoms. The fourth-order valence-electron chi connectivity index (χ4n) is 5.11. The first-order valence-electron chi connectivity index (χ1n) is 14.0. The highest BCUT2D eigenvalue weighted by Crippen LogP contribution is 2.32. The van der Waals surface area contributed by atoms with Crippen molar-refractivity contribution < 1.29 is 19.4 Å². The van der Waals surface area contributed by atoms with Crippen LogP contribution in [0.5, 0.6) is 0 Å². The number of carbonyl (C=O) groups is 2. The number of carbonyl (C=O) groups excluding carboxylic acids is 1. The largest absolute Gasteiger partial charge is 0.481 e. The van der Waals surface area contributed by atoms with E-state index < -0.39 is 17.8 Å². The Balaban J connectivity index is 2.09. The van der Waals surface area contributed by atoms with Crippen molar-refractivity contribution in [3.8, 4) is 0 Å². The van der Waals surface area contributed by atoms with Gasteiger partial charge in [0.2, 0.25) is 0 Å². The Bertz CT molecular complexity index is 476. The maximum Gasteiger partial charge on any atom is 0.310 e. The zero-order valence-corrected chi connectivity index (χ0v) is 21.3. The van der Waals surface area contributed by atoms with Gasteiger partial charge < -0.3 is 9.84 Å². The Hall–Kier alpha value is -1.06.